The molecule has 120 valence electrons. The number of nitrogens with one attached hydrogen (secondary N) is 3. The molecule has 0 radical (unpaired) electrons. The fourth-order valence-electron chi connectivity index (χ4n) is 1.87. The average molecular weight is 299 g/mol. The van der Waals surface area contributed by atoms with E-state index >= 15 is 0 Å². The predicted octanol–water partition coefficient (Wildman–Crippen LogP) is -0.480. The molecule has 1 saturated heterocycles. The van der Waals surface area contributed by atoms with Crippen LogP contribution in [0, 0.1) is 0 Å². The Morgan fingerprint density at radius 1 is 1.33 bits per heavy atom. The first-order valence-corrected chi connectivity index (χ1v) is 7.29. The quantitative estimate of drug-likeness (QED) is 0.231. The minimum Gasteiger partial charge on any atom is -0.382 e. The van der Waals surface area contributed by atoms with E-state index in [4.69, 9.17) is 4.74 Å². The summed E-state index contributed by atoms with van der Waals surface area (Å²) in [7, 11) is 1.68. The summed E-state index contributed by atoms with van der Waals surface area (Å²) in [5, 5.41) is 8.73. The zero-order valence-electron chi connectivity index (χ0n) is 12.8. The van der Waals surface area contributed by atoms with E-state index in [1.165, 1.54) is 4.90 Å². The molecular weight excluding hydrogens is 274 g/mol. The summed E-state index contributed by atoms with van der Waals surface area (Å²) in [4.78, 5) is 28.0. The number of carbonyl (C=O) groups is 2. The highest BCUT2D eigenvalue weighted by molar-refractivity contribution is 6.01. The van der Waals surface area contributed by atoms with E-state index in [0.29, 0.717) is 19.0 Å². The van der Waals surface area contributed by atoms with Crippen LogP contribution in [0.2, 0.25) is 0 Å². The van der Waals surface area contributed by atoms with Crippen molar-refractivity contribution in [2.45, 2.75) is 19.8 Å². The second-order valence-electron chi connectivity index (χ2n) is 4.53. The molecule has 0 aliphatic carbocycles. The Labute approximate surface area is 125 Å². The lowest BCUT2D eigenvalue weighted by molar-refractivity contribution is -0.124. The first-order chi connectivity index (χ1) is 10.2. The lowest BCUT2D eigenvalue weighted by Crippen LogP contribution is -2.43. The second kappa shape index (κ2) is 9.98. The van der Waals surface area contributed by atoms with E-state index in [0.717, 1.165) is 32.6 Å². The van der Waals surface area contributed by atoms with Crippen LogP contribution in [0.1, 0.15) is 19.8 Å². The number of carbonyl (C=O) groups excluding carboxylic acids is 2. The summed E-state index contributed by atoms with van der Waals surface area (Å²) >= 11 is 0. The van der Waals surface area contributed by atoms with Gasteiger partial charge in [-0.15, -0.1) is 0 Å². The number of urea groups is 1. The van der Waals surface area contributed by atoms with Crippen LogP contribution in [0.15, 0.2) is 4.99 Å². The highest BCUT2D eigenvalue weighted by atomic mass is 16.5. The van der Waals surface area contributed by atoms with E-state index in [1.807, 2.05) is 6.92 Å². The third kappa shape index (κ3) is 6.44. The molecule has 3 N–H and O–H groups in total. The third-order valence-corrected chi connectivity index (χ3v) is 3.00. The topological polar surface area (TPSA) is 95.1 Å². The molecule has 1 heterocycles. The smallest absolute Gasteiger partial charge is 0.324 e. The Bertz CT molecular complexity index is 357. The van der Waals surface area contributed by atoms with Gasteiger partial charge in [-0.3, -0.25) is 14.7 Å². The normalized spacial score (nSPS) is 15.3. The van der Waals surface area contributed by atoms with Crippen molar-refractivity contribution in [3.63, 3.8) is 0 Å². The monoisotopic (exact) mass is 299 g/mol. The van der Waals surface area contributed by atoms with Crippen molar-refractivity contribution in [1.82, 2.24) is 20.9 Å². The van der Waals surface area contributed by atoms with Gasteiger partial charge in [-0.25, -0.2) is 4.79 Å². The van der Waals surface area contributed by atoms with E-state index in [-0.39, 0.29) is 18.5 Å². The van der Waals surface area contributed by atoms with Crippen LogP contribution in [0.5, 0.6) is 0 Å². The minimum absolute atomic E-state index is 0.0889. The standard InChI is InChI=1S/C13H25N5O3/c1-3-21-9-5-4-6-15-12(14-2)16-7-8-18-11(19)10-17-13(18)20/h3-10H2,1-2H3,(H,17,20)(H2,14,15,16). The largest absolute Gasteiger partial charge is 0.382 e. The molecule has 0 saturated carbocycles. The molecule has 21 heavy (non-hydrogen) atoms. The fraction of sp³-hybridized carbons (Fsp3) is 0.769. The van der Waals surface area contributed by atoms with Crippen LogP contribution in [-0.2, 0) is 9.53 Å². The Morgan fingerprint density at radius 2 is 2.10 bits per heavy atom. The number of hydrogen-bond donors (Lipinski definition) is 3. The Kier molecular flexibility index (Phi) is 8.18. The molecule has 0 bridgehead atoms. The van der Waals surface area contributed by atoms with Crippen molar-refractivity contribution < 1.29 is 14.3 Å². The summed E-state index contributed by atoms with van der Waals surface area (Å²) in [6.07, 6.45) is 1.99. The summed E-state index contributed by atoms with van der Waals surface area (Å²) in [6.45, 7) is 5.19. The van der Waals surface area contributed by atoms with Gasteiger partial charge >= 0.3 is 6.03 Å². The molecule has 1 aliphatic heterocycles. The maximum Gasteiger partial charge on any atom is 0.324 e. The Hall–Kier alpha value is -1.83. The second-order valence-corrected chi connectivity index (χ2v) is 4.53. The molecule has 1 rings (SSSR count). The van der Waals surface area contributed by atoms with Gasteiger partial charge in [0.2, 0.25) is 5.91 Å². The highest BCUT2D eigenvalue weighted by Crippen LogP contribution is 1.96. The van der Waals surface area contributed by atoms with E-state index in [1.54, 1.807) is 7.05 Å². The first-order valence-electron chi connectivity index (χ1n) is 7.29. The SMILES string of the molecule is CCOCCCCNC(=NC)NCCN1C(=O)CNC1=O. The summed E-state index contributed by atoms with van der Waals surface area (Å²) < 4.78 is 5.26. The summed E-state index contributed by atoms with van der Waals surface area (Å²) in [6, 6.07) is -0.333. The van der Waals surface area contributed by atoms with Crippen LogP contribution < -0.4 is 16.0 Å². The average Bonchev–Trinajstić information content (AvgIpc) is 2.80. The van der Waals surface area contributed by atoms with Crippen LogP contribution in [0.25, 0.3) is 0 Å². The number of ether oxygens (including phenoxy) is 1. The number of nitrogens with zero attached hydrogens (tertiary/aromatic N) is 2. The van der Waals surface area contributed by atoms with Gasteiger partial charge < -0.3 is 20.7 Å². The van der Waals surface area contributed by atoms with Crippen LogP contribution in [0.4, 0.5) is 4.79 Å². The third-order valence-electron chi connectivity index (χ3n) is 3.00. The number of guanidine groups is 1. The van der Waals surface area contributed by atoms with Gasteiger partial charge in [0.25, 0.3) is 0 Å². The molecule has 0 aromatic heterocycles. The molecule has 3 amide bonds. The molecule has 0 aromatic rings. The van der Waals surface area contributed by atoms with Gasteiger partial charge in [0.1, 0.15) is 0 Å². The number of aliphatic imine (C=N–C) groups is 1. The number of hydrogen-bond acceptors (Lipinski definition) is 4. The maximum atomic E-state index is 11.4. The zero-order valence-corrected chi connectivity index (χ0v) is 12.8. The summed E-state index contributed by atoms with van der Waals surface area (Å²) in [5.74, 6) is 0.471. The van der Waals surface area contributed by atoms with Crippen LogP contribution >= 0.6 is 0 Å². The molecule has 8 heteroatoms. The van der Waals surface area contributed by atoms with Crippen molar-refractivity contribution in [3.05, 3.63) is 0 Å². The molecule has 8 nitrogen and oxygen atoms in total. The number of amides is 3. The number of unbranched alkanes of at least 4 members (excludes halogenated alkanes) is 1. The molecule has 1 fully saturated rings. The first kappa shape index (κ1) is 17.2. The van der Waals surface area contributed by atoms with Crippen LogP contribution in [-0.4, -0.2) is 69.2 Å². The minimum atomic E-state index is -0.333. The Morgan fingerprint density at radius 3 is 2.71 bits per heavy atom. The van der Waals surface area contributed by atoms with E-state index in [9.17, 15) is 9.59 Å². The lowest BCUT2D eigenvalue weighted by atomic mass is 10.3. The molecular formula is C13H25N5O3. The van der Waals surface area contributed by atoms with Crippen LogP contribution in [0.3, 0.4) is 0 Å². The highest BCUT2D eigenvalue weighted by Gasteiger charge is 2.27. The van der Waals surface area contributed by atoms with Gasteiger partial charge in [0.05, 0.1) is 6.54 Å². The Balaban J connectivity index is 2.11. The molecule has 0 unspecified atom stereocenters. The fourth-order valence-corrected chi connectivity index (χ4v) is 1.87. The number of imide groups is 1. The molecule has 0 aromatic carbocycles. The van der Waals surface area contributed by atoms with Gasteiger partial charge in [-0.2, -0.15) is 0 Å². The van der Waals surface area contributed by atoms with Gasteiger partial charge in [-0.1, -0.05) is 0 Å². The number of rotatable bonds is 9. The maximum absolute atomic E-state index is 11.4. The van der Waals surface area contributed by atoms with E-state index in [2.05, 4.69) is 20.9 Å². The predicted molar refractivity (Wildman–Crippen MR) is 80.2 cm³/mol. The van der Waals surface area contributed by atoms with Crippen molar-refractivity contribution in [2.75, 3.05) is 46.4 Å². The lowest BCUT2D eigenvalue weighted by Gasteiger charge is -2.15. The van der Waals surface area contributed by atoms with Crippen molar-refractivity contribution in [3.8, 4) is 0 Å². The van der Waals surface area contributed by atoms with Crippen molar-refractivity contribution in [1.29, 1.82) is 0 Å². The van der Waals surface area contributed by atoms with Crippen molar-refractivity contribution in [2.24, 2.45) is 4.99 Å². The molecule has 1 aliphatic rings. The van der Waals surface area contributed by atoms with Gasteiger partial charge in [0.15, 0.2) is 5.96 Å². The van der Waals surface area contributed by atoms with Gasteiger partial charge in [0, 0.05) is 39.9 Å². The molecule has 0 atom stereocenters. The molecule has 0 spiro atoms. The summed E-state index contributed by atoms with van der Waals surface area (Å²) in [5.41, 5.74) is 0. The van der Waals surface area contributed by atoms with E-state index < -0.39 is 0 Å². The zero-order chi connectivity index (χ0) is 15.5. The van der Waals surface area contributed by atoms with Gasteiger partial charge in [-0.05, 0) is 19.8 Å². The van der Waals surface area contributed by atoms with Crippen molar-refractivity contribution >= 4 is 17.9 Å².